The van der Waals surface area contributed by atoms with Gasteiger partial charge >= 0.3 is 0 Å². The van der Waals surface area contributed by atoms with Crippen LogP contribution in [0.15, 0.2) is 0 Å². The molecule has 1 fully saturated rings. The Hall–Kier alpha value is -0.140. The van der Waals surface area contributed by atoms with Crippen molar-refractivity contribution >= 4 is 19.7 Å². The van der Waals surface area contributed by atoms with Gasteiger partial charge < -0.3 is 5.73 Å². The number of sulfone groups is 2. The topological polar surface area (TPSA) is 94.3 Å². The van der Waals surface area contributed by atoms with E-state index in [0.717, 1.165) is 6.26 Å². The Morgan fingerprint density at radius 3 is 2.40 bits per heavy atom. The van der Waals surface area contributed by atoms with Gasteiger partial charge in [-0.25, -0.2) is 16.8 Å². The summed E-state index contributed by atoms with van der Waals surface area (Å²) in [7, 11) is -6.04. The highest BCUT2D eigenvalue weighted by Crippen LogP contribution is 2.26. The lowest BCUT2D eigenvalue weighted by molar-refractivity contribution is 0.404. The number of hydrogen-bond donors (Lipinski definition) is 1. The second-order valence-electron chi connectivity index (χ2n) is 4.25. The van der Waals surface area contributed by atoms with Gasteiger partial charge in [0.25, 0.3) is 0 Å². The molecule has 1 saturated heterocycles. The van der Waals surface area contributed by atoms with Crippen LogP contribution in [0.5, 0.6) is 0 Å². The third-order valence-electron chi connectivity index (χ3n) is 2.75. The van der Waals surface area contributed by atoms with Crippen LogP contribution in [0.1, 0.15) is 6.42 Å². The molecule has 0 saturated carbocycles. The fraction of sp³-hybridized carbons (Fsp3) is 1.00. The molecular weight excluding hydrogens is 238 g/mol. The zero-order chi connectivity index (χ0) is 11.7. The summed E-state index contributed by atoms with van der Waals surface area (Å²) in [5.74, 6) is -0.0709. The fourth-order valence-corrected chi connectivity index (χ4v) is 5.09. The van der Waals surface area contributed by atoms with Crippen molar-refractivity contribution in [1.82, 2.24) is 0 Å². The average Bonchev–Trinajstić information content (AvgIpc) is 2.40. The summed E-state index contributed by atoms with van der Waals surface area (Å²) >= 11 is 0. The molecule has 15 heavy (non-hydrogen) atoms. The summed E-state index contributed by atoms with van der Waals surface area (Å²) in [6, 6.07) is 0. The first kappa shape index (κ1) is 12.9. The minimum Gasteiger partial charge on any atom is -0.330 e. The Labute approximate surface area is 90.9 Å². The van der Waals surface area contributed by atoms with Gasteiger partial charge in [-0.05, 0) is 24.8 Å². The molecule has 0 amide bonds. The SMILES string of the molecule is CS(=O)(=O)CC(CN)C1CCS(=O)(=O)C1. The van der Waals surface area contributed by atoms with E-state index >= 15 is 0 Å². The zero-order valence-electron chi connectivity index (χ0n) is 8.72. The van der Waals surface area contributed by atoms with Gasteiger partial charge in [-0.15, -0.1) is 0 Å². The van der Waals surface area contributed by atoms with Crippen LogP contribution in [0.25, 0.3) is 0 Å². The summed E-state index contributed by atoms with van der Waals surface area (Å²) in [6.45, 7) is 0.229. The second-order valence-corrected chi connectivity index (χ2v) is 8.66. The summed E-state index contributed by atoms with van der Waals surface area (Å²) in [6.07, 6.45) is 1.69. The highest BCUT2D eigenvalue weighted by Gasteiger charge is 2.34. The maximum Gasteiger partial charge on any atom is 0.150 e. The lowest BCUT2D eigenvalue weighted by Gasteiger charge is -2.19. The summed E-state index contributed by atoms with van der Waals surface area (Å²) < 4.78 is 44.7. The maximum atomic E-state index is 11.2. The van der Waals surface area contributed by atoms with Crippen LogP contribution in [0.2, 0.25) is 0 Å². The number of nitrogens with two attached hydrogens (primary N) is 1. The molecule has 1 aliphatic rings. The first-order valence-corrected chi connectivity index (χ1v) is 8.70. The lowest BCUT2D eigenvalue weighted by Crippen LogP contribution is -2.30. The molecule has 0 aliphatic carbocycles. The van der Waals surface area contributed by atoms with Gasteiger partial charge in [0.2, 0.25) is 0 Å². The van der Waals surface area contributed by atoms with Crippen LogP contribution in [0.4, 0.5) is 0 Å². The van der Waals surface area contributed by atoms with E-state index in [4.69, 9.17) is 5.73 Å². The third-order valence-corrected chi connectivity index (χ3v) is 5.58. The Balaban J connectivity index is 2.70. The minimum atomic E-state index is -3.08. The highest BCUT2D eigenvalue weighted by atomic mass is 32.2. The van der Waals surface area contributed by atoms with Gasteiger partial charge in [-0.2, -0.15) is 0 Å². The van der Waals surface area contributed by atoms with Gasteiger partial charge in [0.1, 0.15) is 9.84 Å². The van der Waals surface area contributed by atoms with Crippen molar-refractivity contribution in [2.75, 3.05) is 30.1 Å². The van der Waals surface area contributed by atoms with Crippen LogP contribution in [-0.4, -0.2) is 46.9 Å². The van der Waals surface area contributed by atoms with E-state index in [1.165, 1.54) is 0 Å². The first-order valence-electron chi connectivity index (χ1n) is 4.82. The molecule has 2 N–H and O–H groups in total. The normalized spacial score (nSPS) is 27.7. The average molecular weight is 255 g/mol. The van der Waals surface area contributed by atoms with Crippen molar-refractivity contribution in [3.8, 4) is 0 Å². The van der Waals surface area contributed by atoms with E-state index in [2.05, 4.69) is 0 Å². The van der Waals surface area contributed by atoms with Crippen LogP contribution < -0.4 is 5.73 Å². The standard InChI is InChI=1S/C8H17NO4S2/c1-14(10,11)5-8(4-9)7-2-3-15(12,13)6-7/h7-8H,2-6,9H2,1H3. The van der Waals surface area contributed by atoms with Crippen LogP contribution in [0, 0.1) is 11.8 Å². The first-order chi connectivity index (χ1) is 6.73. The van der Waals surface area contributed by atoms with Crippen molar-refractivity contribution in [3.05, 3.63) is 0 Å². The van der Waals surface area contributed by atoms with E-state index in [0.29, 0.717) is 6.42 Å². The van der Waals surface area contributed by atoms with Crippen molar-refractivity contribution in [1.29, 1.82) is 0 Å². The Bertz CT molecular complexity index is 412. The summed E-state index contributed by atoms with van der Waals surface area (Å²) in [4.78, 5) is 0. The van der Waals surface area contributed by atoms with Gasteiger partial charge in [0, 0.05) is 6.26 Å². The largest absolute Gasteiger partial charge is 0.330 e. The van der Waals surface area contributed by atoms with E-state index in [1.807, 2.05) is 0 Å². The molecule has 0 spiro atoms. The van der Waals surface area contributed by atoms with Gasteiger partial charge in [0.15, 0.2) is 9.84 Å². The smallest absolute Gasteiger partial charge is 0.150 e. The summed E-state index contributed by atoms with van der Waals surface area (Å²) in [5, 5.41) is 0. The van der Waals surface area contributed by atoms with Crippen molar-refractivity contribution < 1.29 is 16.8 Å². The molecule has 2 atom stereocenters. The molecular formula is C8H17NO4S2. The molecule has 1 heterocycles. The van der Waals surface area contributed by atoms with E-state index in [9.17, 15) is 16.8 Å². The minimum absolute atomic E-state index is 0.0102. The molecule has 90 valence electrons. The van der Waals surface area contributed by atoms with E-state index < -0.39 is 19.7 Å². The van der Waals surface area contributed by atoms with E-state index in [1.54, 1.807) is 0 Å². The monoisotopic (exact) mass is 255 g/mol. The van der Waals surface area contributed by atoms with Crippen molar-refractivity contribution in [3.63, 3.8) is 0 Å². The molecule has 0 aromatic carbocycles. The lowest BCUT2D eigenvalue weighted by atomic mass is 9.94. The fourth-order valence-electron chi connectivity index (χ4n) is 1.98. The predicted octanol–water partition coefficient (Wildman–Crippen LogP) is -0.959. The molecule has 0 bridgehead atoms. The molecule has 1 rings (SSSR count). The maximum absolute atomic E-state index is 11.2. The highest BCUT2D eigenvalue weighted by molar-refractivity contribution is 7.91. The van der Waals surface area contributed by atoms with E-state index in [-0.39, 0.29) is 35.6 Å². The molecule has 0 aromatic rings. The predicted molar refractivity (Wildman–Crippen MR) is 59.0 cm³/mol. The molecule has 0 aromatic heterocycles. The molecule has 0 radical (unpaired) electrons. The number of hydrogen-bond acceptors (Lipinski definition) is 5. The molecule has 7 heteroatoms. The van der Waals surface area contributed by atoms with Gasteiger partial charge in [-0.3, -0.25) is 0 Å². The Morgan fingerprint density at radius 2 is 2.07 bits per heavy atom. The van der Waals surface area contributed by atoms with Gasteiger partial charge in [0.05, 0.1) is 17.3 Å². The molecule has 5 nitrogen and oxygen atoms in total. The number of rotatable bonds is 4. The van der Waals surface area contributed by atoms with Gasteiger partial charge in [-0.1, -0.05) is 0 Å². The quantitative estimate of drug-likeness (QED) is 0.698. The second kappa shape index (κ2) is 4.39. The van der Waals surface area contributed by atoms with Crippen molar-refractivity contribution in [2.24, 2.45) is 17.6 Å². The van der Waals surface area contributed by atoms with Crippen molar-refractivity contribution in [2.45, 2.75) is 6.42 Å². The van der Waals surface area contributed by atoms with Crippen LogP contribution >= 0.6 is 0 Å². The van der Waals surface area contributed by atoms with Crippen LogP contribution in [0.3, 0.4) is 0 Å². The summed E-state index contributed by atoms with van der Waals surface area (Å²) in [5.41, 5.74) is 5.49. The Morgan fingerprint density at radius 1 is 1.47 bits per heavy atom. The zero-order valence-corrected chi connectivity index (χ0v) is 10.4. The molecule has 2 unspecified atom stereocenters. The Kier molecular flexibility index (Phi) is 3.78. The third kappa shape index (κ3) is 4.08. The van der Waals surface area contributed by atoms with Crippen LogP contribution in [-0.2, 0) is 19.7 Å². The molecule has 1 aliphatic heterocycles.